The predicted molar refractivity (Wildman–Crippen MR) is 105 cm³/mol. The first-order chi connectivity index (χ1) is 12.6. The molecule has 7 heteroatoms. The molecule has 156 valence electrons. The van der Waals surface area contributed by atoms with E-state index >= 15 is 0 Å². The average Bonchev–Trinajstić information content (AvgIpc) is 2.63. The van der Waals surface area contributed by atoms with Gasteiger partial charge in [-0.3, -0.25) is 4.79 Å². The van der Waals surface area contributed by atoms with E-state index in [9.17, 15) is 4.79 Å². The fourth-order valence-corrected chi connectivity index (χ4v) is 5.36. The van der Waals surface area contributed by atoms with Crippen LogP contribution >= 0.6 is 0 Å². The Balaban J connectivity index is 3.59. The minimum Gasteiger partial charge on any atom is -0.469 e. The lowest BCUT2D eigenvalue weighted by Gasteiger charge is -2.28. The fourth-order valence-electron chi connectivity index (χ4n) is 2.78. The Morgan fingerprint density at radius 2 is 1.23 bits per heavy atom. The molecule has 0 aliphatic carbocycles. The van der Waals surface area contributed by atoms with Crippen LogP contribution in [0.25, 0.3) is 0 Å². The second-order valence-electron chi connectivity index (χ2n) is 6.15. The van der Waals surface area contributed by atoms with Crippen LogP contribution in [0.15, 0.2) is 0 Å². The molecule has 0 heterocycles. The van der Waals surface area contributed by atoms with E-state index in [1.54, 1.807) is 0 Å². The van der Waals surface area contributed by atoms with Crippen LogP contribution in [0.5, 0.6) is 0 Å². The smallest absolute Gasteiger partial charge is 0.469 e. The molecular formula is C19H40O6Si. The summed E-state index contributed by atoms with van der Waals surface area (Å²) in [4.78, 5) is 11.0. The molecule has 0 aromatic heterocycles. The monoisotopic (exact) mass is 392 g/mol. The van der Waals surface area contributed by atoms with Gasteiger partial charge in [-0.05, 0) is 40.0 Å². The van der Waals surface area contributed by atoms with Gasteiger partial charge in [-0.2, -0.15) is 0 Å². The number of hydrogen-bond acceptors (Lipinski definition) is 6. The highest BCUT2D eigenvalue weighted by molar-refractivity contribution is 6.60. The topological polar surface area (TPSA) is 63.2 Å². The van der Waals surface area contributed by atoms with E-state index in [4.69, 9.17) is 18.0 Å². The van der Waals surface area contributed by atoms with Crippen molar-refractivity contribution in [2.24, 2.45) is 0 Å². The third kappa shape index (κ3) is 13.7. The van der Waals surface area contributed by atoms with Crippen LogP contribution in [-0.2, 0) is 27.5 Å². The van der Waals surface area contributed by atoms with Crippen LogP contribution in [0, 0.1) is 0 Å². The number of rotatable bonds is 19. The molecule has 6 nitrogen and oxygen atoms in total. The average molecular weight is 393 g/mol. The van der Waals surface area contributed by atoms with Gasteiger partial charge in [0.15, 0.2) is 0 Å². The maximum Gasteiger partial charge on any atom is 0.501 e. The van der Waals surface area contributed by atoms with E-state index in [2.05, 4.69) is 4.74 Å². The molecule has 0 aliphatic heterocycles. The van der Waals surface area contributed by atoms with Crippen molar-refractivity contribution < 1.29 is 27.5 Å². The van der Waals surface area contributed by atoms with Gasteiger partial charge in [-0.1, -0.05) is 25.7 Å². The molecule has 0 unspecified atom stereocenters. The second-order valence-corrected chi connectivity index (χ2v) is 8.88. The van der Waals surface area contributed by atoms with Gasteiger partial charge in [0, 0.05) is 45.5 Å². The first kappa shape index (κ1) is 25.5. The van der Waals surface area contributed by atoms with E-state index in [1.807, 2.05) is 20.8 Å². The summed E-state index contributed by atoms with van der Waals surface area (Å²) >= 11 is 0. The van der Waals surface area contributed by atoms with Gasteiger partial charge in [0.1, 0.15) is 0 Å². The van der Waals surface area contributed by atoms with Crippen LogP contribution in [0.4, 0.5) is 0 Å². The highest BCUT2D eigenvalue weighted by atomic mass is 28.4. The number of esters is 1. The minimum atomic E-state index is -2.51. The van der Waals surface area contributed by atoms with Crippen LogP contribution < -0.4 is 0 Å². The second kappa shape index (κ2) is 17.9. The molecular weight excluding hydrogens is 352 g/mol. The molecule has 0 rings (SSSR count). The van der Waals surface area contributed by atoms with Crippen molar-refractivity contribution in [2.75, 3.05) is 40.1 Å². The Morgan fingerprint density at radius 1 is 0.731 bits per heavy atom. The van der Waals surface area contributed by atoms with Crippen LogP contribution in [0.3, 0.4) is 0 Å². The highest BCUT2D eigenvalue weighted by Crippen LogP contribution is 2.18. The van der Waals surface area contributed by atoms with Crippen LogP contribution in [0.2, 0.25) is 6.04 Å². The summed E-state index contributed by atoms with van der Waals surface area (Å²) in [6, 6.07) is 0.808. The van der Waals surface area contributed by atoms with Gasteiger partial charge in [0.25, 0.3) is 0 Å². The van der Waals surface area contributed by atoms with E-state index in [1.165, 1.54) is 26.4 Å². The molecule has 0 atom stereocenters. The zero-order valence-electron chi connectivity index (χ0n) is 17.3. The molecule has 0 aromatic carbocycles. The molecule has 0 saturated heterocycles. The third-order valence-electron chi connectivity index (χ3n) is 4.01. The predicted octanol–water partition coefficient (Wildman–Crippen LogP) is 4.35. The lowest BCUT2D eigenvalue weighted by molar-refractivity contribution is -0.140. The molecule has 0 spiro atoms. The largest absolute Gasteiger partial charge is 0.501 e. The normalized spacial score (nSPS) is 11.7. The number of unbranched alkanes of at least 4 members (excludes halogenated alkanes) is 5. The Hall–Kier alpha value is -0.473. The molecule has 0 amide bonds. The lowest BCUT2D eigenvalue weighted by Crippen LogP contribution is -2.46. The molecule has 0 saturated carbocycles. The zero-order valence-corrected chi connectivity index (χ0v) is 18.3. The summed E-state index contributed by atoms with van der Waals surface area (Å²) in [5, 5.41) is 0. The number of methoxy groups -OCH3 is 1. The highest BCUT2D eigenvalue weighted by Gasteiger charge is 2.39. The van der Waals surface area contributed by atoms with Gasteiger partial charge in [-0.15, -0.1) is 0 Å². The molecule has 0 N–H and O–H groups in total. The summed E-state index contributed by atoms with van der Waals surface area (Å²) in [5.74, 6) is -0.108. The zero-order chi connectivity index (χ0) is 19.5. The van der Waals surface area contributed by atoms with Crippen molar-refractivity contribution in [1.29, 1.82) is 0 Å². The van der Waals surface area contributed by atoms with Gasteiger partial charge >= 0.3 is 14.8 Å². The van der Waals surface area contributed by atoms with Gasteiger partial charge in [0.05, 0.1) is 7.11 Å². The van der Waals surface area contributed by atoms with E-state index in [0.29, 0.717) is 26.2 Å². The van der Waals surface area contributed by atoms with Crippen molar-refractivity contribution in [2.45, 2.75) is 78.2 Å². The molecule has 0 radical (unpaired) electrons. The van der Waals surface area contributed by atoms with Crippen molar-refractivity contribution in [3.8, 4) is 0 Å². The summed E-state index contributed by atoms with van der Waals surface area (Å²) in [6.45, 7) is 9.31. The summed E-state index contributed by atoms with van der Waals surface area (Å²) < 4.78 is 27.9. The number of carbonyl (C=O) groups is 1. The van der Waals surface area contributed by atoms with Gasteiger partial charge in [0.2, 0.25) is 0 Å². The Bertz CT molecular complexity index is 310. The summed E-state index contributed by atoms with van der Waals surface area (Å²) in [7, 11) is -1.07. The maximum atomic E-state index is 11.0. The lowest BCUT2D eigenvalue weighted by atomic mass is 10.1. The quantitative estimate of drug-likeness (QED) is 0.185. The Labute approximate surface area is 161 Å². The SMILES string of the molecule is CCO[Si](CCCOCCCCCCCCC(=O)OC)(OCC)OCC. The maximum absolute atomic E-state index is 11.0. The standard InChI is InChI=1S/C19H40O6Si/c1-5-23-26(24-6-2,25-7-3)18-14-17-22-16-13-11-9-8-10-12-15-19(20)21-4/h5-18H2,1-4H3. The molecule has 0 fully saturated rings. The van der Waals surface area contributed by atoms with E-state index < -0.39 is 8.80 Å². The minimum absolute atomic E-state index is 0.108. The molecule has 26 heavy (non-hydrogen) atoms. The van der Waals surface area contributed by atoms with Crippen molar-refractivity contribution in [1.82, 2.24) is 0 Å². The Kier molecular flexibility index (Phi) is 17.6. The van der Waals surface area contributed by atoms with E-state index in [-0.39, 0.29) is 5.97 Å². The van der Waals surface area contributed by atoms with Crippen molar-refractivity contribution in [3.05, 3.63) is 0 Å². The third-order valence-corrected chi connectivity index (χ3v) is 7.16. The Morgan fingerprint density at radius 3 is 1.77 bits per heavy atom. The molecule has 0 bridgehead atoms. The first-order valence-corrected chi connectivity index (χ1v) is 12.1. The molecule has 0 aliphatic rings. The number of ether oxygens (including phenoxy) is 2. The summed E-state index contributed by atoms with van der Waals surface area (Å²) in [5.41, 5.74) is 0. The van der Waals surface area contributed by atoms with Crippen molar-refractivity contribution in [3.63, 3.8) is 0 Å². The van der Waals surface area contributed by atoms with Crippen LogP contribution in [-0.4, -0.2) is 54.9 Å². The van der Waals surface area contributed by atoms with Gasteiger partial charge < -0.3 is 22.8 Å². The van der Waals surface area contributed by atoms with Crippen molar-refractivity contribution >= 4 is 14.8 Å². The number of hydrogen-bond donors (Lipinski definition) is 0. The van der Waals surface area contributed by atoms with Gasteiger partial charge in [-0.25, -0.2) is 0 Å². The summed E-state index contributed by atoms with van der Waals surface area (Å²) in [6.07, 6.45) is 8.08. The van der Waals surface area contributed by atoms with Crippen LogP contribution in [0.1, 0.15) is 72.1 Å². The van der Waals surface area contributed by atoms with E-state index in [0.717, 1.165) is 44.9 Å². The first-order valence-electron chi connectivity index (χ1n) is 10.2. The molecule has 0 aromatic rings. The fraction of sp³-hybridized carbons (Fsp3) is 0.947. The number of carbonyl (C=O) groups excluding carboxylic acids is 1.